The van der Waals surface area contributed by atoms with E-state index in [0.717, 1.165) is 11.1 Å². The second-order valence-corrected chi connectivity index (χ2v) is 6.82. The highest BCUT2D eigenvalue weighted by Crippen LogP contribution is 2.25. The average molecular weight is 406 g/mol. The van der Waals surface area contributed by atoms with Gasteiger partial charge in [-0.25, -0.2) is 4.39 Å². The van der Waals surface area contributed by atoms with Crippen LogP contribution in [0.4, 0.5) is 10.1 Å². The first-order valence-corrected chi connectivity index (χ1v) is 9.53. The monoisotopic (exact) mass is 406 g/mol. The highest BCUT2D eigenvalue weighted by atomic mass is 19.1. The summed E-state index contributed by atoms with van der Waals surface area (Å²) >= 11 is 0. The zero-order chi connectivity index (χ0) is 21.5. The molecule has 2 amide bonds. The van der Waals surface area contributed by atoms with Crippen LogP contribution in [0.3, 0.4) is 0 Å². The number of nitrogens with one attached hydrogen (secondary N) is 2. The molecule has 0 saturated carbocycles. The average Bonchev–Trinajstić information content (AvgIpc) is 2.75. The van der Waals surface area contributed by atoms with Crippen LogP contribution in [0.25, 0.3) is 0 Å². The zero-order valence-corrected chi connectivity index (χ0v) is 16.8. The minimum absolute atomic E-state index is 0.110. The molecule has 0 heterocycles. The Morgan fingerprint density at radius 2 is 1.67 bits per heavy atom. The van der Waals surface area contributed by atoms with Gasteiger partial charge < -0.3 is 15.4 Å². The zero-order valence-electron chi connectivity index (χ0n) is 16.8. The van der Waals surface area contributed by atoms with E-state index in [0.29, 0.717) is 11.4 Å². The third-order valence-electron chi connectivity index (χ3n) is 4.78. The summed E-state index contributed by atoms with van der Waals surface area (Å²) in [6.07, 6.45) is 0.260. The molecule has 0 aromatic heterocycles. The molecule has 0 radical (unpaired) electrons. The Labute approximate surface area is 174 Å². The molecular formula is C24H23FN2O3. The van der Waals surface area contributed by atoms with E-state index in [4.69, 9.17) is 4.74 Å². The van der Waals surface area contributed by atoms with E-state index in [1.54, 1.807) is 31.4 Å². The predicted octanol–water partition coefficient (Wildman–Crippen LogP) is 4.12. The third kappa shape index (κ3) is 5.03. The molecule has 3 rings (SSSR count). The van der Waals surface area contributed by atoms with Gasteiger partial charge in [-0.05, 0) is 36.8 Å². The van der Waals surface area contributed by atoms with Crippen molar-refractivity contribution in [3.8, 4) is 5.75 Å². The van der Waals surface area contributed by atoms with Crippen LogP contribution in [0.1, 0.15) is 21.5 Å². The van der Waals surface area contributed by atoms with Crippen molar-refractivity contribution in [1.29, 1.82) is 0 Å². The Bertz CT molecular complexity index is 1040. The van der Waals surface area contributed by atoms with Crippen LogP contribution in [0.2, 0.25) is 0 Å². The fourth-order valence-electron chi connectivity index (χ4n) is 3.13. The maximum absolute atomic E-state index is 14.0. The molecule has 0 aliphatic carbocycles. The van der Waals surface area contributed by atoms with Crippen LogP contribution in [0.5, 0.6) is 5.75 Å². The first kappa shape index (κ1) is 21.0. The standard InChI is InChI=1S/C24H23FN2O3/c1-16-20(13-8-14-22(16)30-2)26-24(29)21(15-17-9-4-3-5-10-17)27-23(28)18-11-6-7-12-19(18)25/h3-14,21H,15H2,1-2H3,(H,26,29)(H,27,28). The molecule has 0 saturated heterocycles. The molecule has 1 atom stereocenters. The quantitative estimate of drug-likeness (QED) is 0.620. The van der Waals surface area contributed by atoms with E-state index in [2.05, 4.69) is 10.6 Å². The van der Waals surface area contributed by atoms with E-state index in [1.165, 1.54) is 18.2 Å². The summed E-state index contributed by atoms with van der Waals surface area (Å²) in [4.78, 5) is 25.7. The number of hydrogen-bond donors (Lipinski definition) is 2. The molecule has 1 unspecified atom stereocenters. The summed E-state index contributed by atoms with van der Waals surface area (Å²) in [5, 5.41) is 5.52. The van der Waals surface area contributed by atoms with Gasteiger partial charge in [-0.2, -0.15) is 0 Å². The van der Waals surface area contributed by atoms with Crippen molar-refractivity contribution in [3.05, 3.63) is 95.3 Å². The molecule has 0 aliphatic heterocycles. The van der Waals surface area contributed by atoms with Crippen LogP contribution in [0, 0.1) is 12.7 Å². The molecule has 5 nitrogen and oxygen atoms in total. The lowest BCUT2D eigenvalue weighted by Gasteiger charge is -2.20. The second kappa shape index (κ2) is 9.69. The highest BCUT2D eigenvalue weighted by molar-refractivity contribution is 6.01. The second-order valence-electron chi connectivity index (χ2n) is 6.82. The Balaban J connectivity index is 1.84. The molecule has 0 bridgehead atoms. The van der Waals surface area contributed by atoms with Crippen molar-refractivity contribution in [1.82, 2.24) is 5.32 Å². The molecule has 0 aliphatic rings. The number of methoxy groups -OCH3 is 1. The summed E-state index contributed by atoms with van der Waals surface area (Å²) in [5.41, 5.74) is 2.11. The number of amides is 2. The van der Waals surface area contributed by atoms with Gasteiger partial charge in [0.1, 0.15) is 17.6 Å². The van der Waals surface area contributed by atoms with Crippen molar-refractivity contribution in [2.75, 3.05) is 12.4 Å². The normalized spacial score (nSPS) is 11.4. The van der Waals surface area contributed by atoms with Gasteiger partial charge in [0.15, 0.2) is 0 Å². The van der Waals surface area contributed by atoms with Crippen LogP contribution in [0.15, 0.2) is 72.8 Å². The maximum Gasteiger partial charge on any atom is 0.254 e. The van der Waals surface area contributed by atoms with E-state index in [1.807, 2.05) is 37.3 Å². The van der Waals surface area contributed by atoms with E-state index >= 15 is 0 Å². The van der Waals surface area contributed by atoms with Gasteiger partial charge in [0, 0.05) is 17.7 Å². The van der Waals surface area contributed by atoms with Gasteiger partial charge in [0.2, 0.25) is 5.91 Å². The summed E-state index contributed by atoms with van der Waals surface area (Å²) < 4.78 is 19.3. The van der Waals surface area contributed by atoms with Crippen LogP contribution in [-0.4, -0.2) is 25.0 Å². The first-order valence-electron chi connectivity index (χ1n) is 9.53. The Kier molecular flexibility index (Phi) is 6.80. The summed E-state index contributed by atoms with van der Waals surface area (Å²) in [5.74, 6) is -1.05. The largest absolute Gasteiger partial charge is 0.496 e. The fraction of sp³-hybridized carbons (Fsp3) is 0.167. The molecule has 6 heteroatoms. The summed E-state index contributed by atoms with van der Waals surface area (Å²) in [6.45, 7) is 1.83. The number of anilines is 1. The number of hydrogen-bond acceptors (Lipinski definition) is 3. The fourth-order valence-corrected chi connectivity index (χ4v) is 3.13. The van der Waals surface area contributed by atoms with E-state index < -0.39 is 23.7 Å². The molecule has 0 fully saturated rings. The molecular weight excluding hydrogens is 383 g/mol. The Morgan fingerprint density at radius 1 is 0.967 bits per heavy atom. The van der Waals surface area contributed by atoms with Gasteiger partial charge >= 0.3 is 0 Å². The molecule has 3 aromatic rings. The number of ether oxygens (including phenoxy) is 1. The topological polar surface area (TPSA) is 67.4 Å². The van der Waals surface area contributed by atoms with Crippen LogP contribution < -0.4 is 15.4 Å². The maximum atomic E-state index is 14.0. The van der Waals surface area contributed by atoms with Crippen molar-refractivity contribution in [2.45, 2.75) is 19.4 Å². The van der Waals surface area contributed by atoms with Gasteiger partial charge in [-0.1, -0.05) is 48.5 Å². The van der Waals surface area contributed by atoms with Gasteiger partial charge in [-0.3, -0.25) is 9.59 Å². The summed E-state index contributed by atoms with van der Waals surface area (Å²) in [6, 6.07) is 19.4. The minimum atomic E-state index is -0.898. The molecule has 154 valence electrons. The molecule has 0 spiro atoms. The van der Waals surface area contributed by atoms with Gasteiger partial charge in [0.25, 0.3) is 5.91 Å². The molecule has 30 heavy (non-hydrogen) atoms. The minimum Gasteiger partial charge on any atom is -0.496 e. The Morgan fingerprint density at radius 3 is 2.37 bits per heavy atom. The van der Waals surface area contributed by atoms with Gasteiger partial charge in [-0.15, -0.1) is 0 Å². The molecule has 2 N–H and O–H groups in total. The van der Waals surface area contributed by atoms with Crippen molar-refractivity contribution < 1.29 is 18.7 Å². The lowest BCUT2D eigenvalue weighted by Crippen LogP contribution is -2.45. The van der Waals surface area contributed by atoms with Crippen molar-refractivity contribution in [3.63, 3.8) is 0 Å². The number of rotatable bonds is 7. The van der Waals surface area contributed by atoms with E-state index in [9.17, 15) is 14.0 Å². The first-order chi connectivity index (χ1) is 14.5. The summed E-state index contributed by atoms with van der Waals surface area (Å²) in [7, 11) is 1.56. The number of carbonyl (C=O) groups is 2. The van der Waals surface area contributed by atoms with Crippen molar-refractivity contribution in [2.24, 2.45) is 0 Å². The number of halogens is 1. The van der Waals surface area contributed by atoms with E-state index in [-0.39, 0.29) is 12.0 Å². The van der Waals surface area contributed by atoms with Crippen LogP contribution in [-0.2, 0) is 11.2 Å². The van der Waals surface area contributed by atoms with Crippen molar-refractivity contribution >= 4 is 17.5 Å². The predicted molar refractivity (Wildman–Crippen MR) is 114 cm³/mol. The third-order valence-corrected chi connectivity index (χ3v) is 4.78. The molecule has 3 aromatic carbocycles. The smallest absolute Gasteiger partial charge is 0.254 e. The lowest BCUT2D eigenvalue weighted by molar-refractivity contribution is -0.118. The SMILES string of the molecule is COc1cccc(NC(=O)C(Cc2ccccc2)NC(=O)c2ccccc2F)c1C. The highest BCUT2D eigenvalue weighted by Gasteiger charge is 2.24. The Hall–Kier alpha value is -3.67. The van der Waals surface area contributed by atoms with Crippen LogP contribution >= 0.6 is 0 Å². The van der Waals surface area contributed by atoms with Gasteiger partial charge in [0.05, 0.1) is 12.7 Å². The number of carbonyl (C=O) groups excluding carboxylic acids is 2. The number of benzene rings is 3. The lowest BCUT2D eigenvalue weighted by atomic mass is 10.0.